The van der Waals surface area contributed by atoms with Gasteiger partial charge >= 0.3 is 6.18 Å². The van der Waals surface area contributed by atoms with E-state index < -0.39 is 22.8 Å². The Hall–Kier alpha value is -3.32. The molecule has 13 heteroatoms. The minimum Gasteiger partial charge on any atom is -0.493 e. The Morgan fingerprint density at radius 3 is 2.41 bits per heavy atom. The first-order chi connectivity index (χ1) is 15.9. The summed E-state index contributed by atoms with van der Waals surface area (Å²) in [5, 5.41) is 3.34. The molecule has 0 radical (unpaired) electrons. The maximum Gasteiger partial charge on any atom is 0.422 e. The van der Waals surface area contributed by atoms with Gasteiger partial charge in [-0.3, -0.25) is 0 Å². The van der Waals surface area contributed by atoms with Gasteiger partial charge in [0.25, 0.3) is 0 Å². The lowest BCUT2D eigenvalue weighted by Gasteiger charge is -2.17. The minimum absolute atomic E-state index is 0.0391. The molecule has 34 heavy (non-hydrogen) atoms. The summed E-state index contributed by atoms with van der Waals surface area (Å²) >= 11 is 0. The van der Waals surface area contributed by atoms with Crippen molar-refractivity contribution >= 4 is 32.4 Å². The maximum atomic E-state index is 12.8. The van der Waals surface area contributed by atoms with Crippen molar-refractivity contribution < 1.29 is 35.8 Å². The van der Waals surface area contributed by atoms with E-state index in [9.17, 15) is 21.6 Å². The van der Waals surface area contributed by atoms with Crippen molar-refractivity contribution in [1.82, 2.24) is 14.7 Å². The third-order valence-electron chi connectivity index (χ3n) is 4.46. The Labute approximate surface area is 194 Å². The van der Waals surface area contributed by atoms with Crippen LogP contribution in [0.2, 0.25) is 0 Å². The topological polar surface area (TPSA) is 112 Å². The van der Waals surface area contributed by atoms with Crippen LogP contribution in [0.1, 0.15) is 13.8 Å². The number of alkyl halides is 3. The SMILES string of the molecule is CNS(=O)(=O)c1ccc(OCC(F)(F)F)c(Nc2ncnc3cc(OC)c(OC(C)C)cc23)c1. The lowest BCUT2D eigenvalue weighted by molar-refractivity contribution is -0.153. The smallest absolute Gasteiger partial charge is 0.422 e. The number of aromatic nitrogens is 2. The van der Waals surface area contributed by atoms with E-state index in [1.807, 2.05) is 13.8 Å². The van der Waals surface area contributed by atoms with Gasteiger partial charge in [0.2, 0.25) is 10.0 Å². The van der Waals surface area contributed by atoms with Crippen LogP contribution in [-0.2, 0) is 10.0 Å². The zero-order valence-electron chi connectivity index (χ0n) is 18.7. The van der Waals surface area contributed by atoms with Crippen LogP contribution in [0, 0.1) is 0 Å². The van der Waals surface area contributed by atoms with E-state index in [1.54, 1.807) is 12.1 Å². The molecule has 1 aromatic heterocycles. The van der Waals surface area contributed by atoms with Gasteiger partial charge in [-0.2, -0.15) is 13.2 Å². The molecule has 0 bridgehead atoms. The number of nitrogens with one attached hydrogen (secondary N) is 2. The quantitative estimate of drug-likeness (QED) is 0.453. The van der Waals surface area contributed by atoms with Crippen molar-refractivity contribution in [2.45, 2.75) is 31.0 Å². The zero-order chi connectivity index (χ0) is 25.1. The summed E-state index contributed by atoms with van der Waals surface area (Å²) in [6.07, 6.45) is -3.51. The number of hydrogen-bond donors (Lipinski definition) is 2. The maximum absolute atomic E-state index is 12.8. The summed E-state index contributed by atoms with van der Waals surface area (Å²) in [7, 11) is -1.18. The molecule has 0 aliphatic carbocycles. The van der Waals surface area contributed by atoms with E-state index in [-0.39, 0.29) is 28.3 Å². The number of rotatable bonds is 9. The zero-order valence-corrected chi connectivity index (χ0v) is 19.5. The molecule has 0 saturated heterocycles. The lowest BCUT2D eigenvalue weighted by Crippen LogP contribution is -2.20. The molecular weight excluding hydrogens is 477 g/mol. The van der Waals surface area contributed by atoms with Gasteiger partial charge in [-0.25, -0.2) is 23.1 Å². The van der Waals surface area contributed by atoms with Crippen molar-refractivity contribution in [2.75, 3.05) is 26.1 Å². The van der Waals surface area contributed by atoms with Crippen LogP contribution >= 0.6 is 0 Å². The van der Waals surface area contributed by atoms with Crippen molar-refractivity contribution in [1.29, 1.82) is 0 Å². The van der Waals surface area contributed by atoms with Gasteiger partial charge in [-0.15, -0.1) is 0 Å². The largest absolute Gasteiger partial charge is 0.493 e. The van der Waals surface area contributed by atoms with Crippen molar-refractivity contribution in [2.24, 2.45) is 0 Å². The molecule has 0 amide bonds. The van der Waals surface area contributed by atoms with Gasteiger partial charge in [0.1, 0.15) is 17.9 Å². The molecule has 2 aromatic carbocycles. The summed E-state index contributed by atoms with van der Waals surface area (Å²) in [6.45, 7) is 2.11. The predicted octanol–water partition coefficient (Wildman–Crippen LogP) is 4.02. The number of fused-ring (bicyclic) bond motifs is 1. The minimum atomic E-state index is -4.59. The Kier molecular flexibility index (Phi) is 7.36. The Balaban J connectivity index is 2.12. The molecule has 0 atom stereocenters. The fourth-order valence-corrected chi connectivity index (χ4v) is 3.73. The second-order valence-corrected chi connectivity index (χ2v) is 9.19. The van der Waals surface area contributed by atoms with E-state index in [4.69, 9.17) is 14.2 Å². The van der Waals surface area contributed by atoms with Crippen molar-refractivity contribution in [3.05, 3.63) is 36.7 Å². The van der Waals surface area contributed by atoms with Crippen LogP contribution < -0.4 is 24.2 Å². The second-order valence-electron chi connectivity index (χ2n) is 7.30. The second kappa shape index (κ2) is 9.89. The third-order valence-corrected chi connectivity index (χ3v) is 5.87. The monoisotopic (exact) mass is 500 g/mol. The fourth-order valence-electron chi connectivity index (χ4n) is 2.97. The number of sulfonamides is 1. The number of hydrogen-bond acceptors (Lipinski definition) is 8. The molecule has 0 aliphatic heterocycles. The van der Waals surface area contributed by atoms with Crippen LogP contribution in [0.3, 0.4) is 0 Å². The molecular formula is C21H23F3N4O5S. The van der Waals surface area contributed by atoms with Crippen LogP contribution in [0.4, 0.5) is 24.7 Å². The van der Waals surface area contributed by atoms with Gasteiger partial charge in [0.05, 0.1) is 29.3 Å². The highest BCUT2D eigenvalue weighted by atomic mass is 32.2. The van der Waals surface area contributed by atoms with Crippen molar-refractivity contribution in [3.63, 3.8) is 0 Å². The molecule has 3 aromatic rings. The van der Waals surface area contributed by atoms with Gasteiger partial charge in [0.15, 0.2) is 18.1 Å². The number of nitrogens with zero attached hydrogens (tertiary/aromatic N) is 2. The highest BCUT2D eigenvalue weighted by Crippen LogP contribution is 2.37. The molecule has 184 valence electrons. The number of methoxy groups -OCH3 is 1. The molecule has 0 unspecified atom stereocenters. The average Bonchev–Trinajstić information content (AvgIpc) is 2.77. The summed E-state index contributed by atoms with van der Waals surface area (Å²) < 4.78 is 81.0. The van der Waals surface area contributed by atoms with Gasteiger partial charge in [-0.1, -0.05) is 0 Å². The van der Waals surface area contributed by atoms with E-state index in [0.29, 0.717) is 22.4 Å². The molecule has 0 fully saturated rings. The summed E-state index contributed by atoms with van der Waals surface area (Å²) in [5.41, 5.74) is 0.421. The van der Waals surface area contributed by atoms with E-state index in [0.717, 1.165) is 18.2 Å². The molecule has 3 rings (SSSR count). The van der Waals surface area contributed by atoms with Crippen LogP contribution in [-0.4, -0.2) is 51.4 Å². The van der Waals surface area contributed by atoms with E-state index in [1.165, 1.54) is 20.5 Å². The normalized spacial score (nSPS) is 12.1. The molecule has 2 N–H and O–H groups in total. The standard InChI is InChI=1S/C21H23F3N4O5S/c1-12(2)33-19-8-14-15(9-18(19)31-4)26-11-27-20(14)28-16-7-13(34(29,30)25-3)5-6-17(16)32-10-21(22,23)24/h5-9,11-12,25H,10H2,1-4H3,(H,26,27,28). The Bertz CT molecular complexity index is 1280. The molecule has 0 aliphatic rings. The van der Waals surface area contributed by atoms with Gasteiger partial charge < -0.3 is 19.5 Å². The first-order valence-corrected chi connectivity index (χ1v) is 11.5. The molecule has 0 spiro atoms. The number of halogens is 3. The Morgan fingerprint density at radius 1 is 1.06 bits per heavy atom. The highest BCUT2D eigenvalue weighted by molar-refractivity contribution is 7.89. The Morgan fingerprint density at radius 2 is 1.79 bits per heavy atom. The summed E-state index contributed by atoms with van der Waals surface area (Å²) in [5.74, 6) is 0.813. The molecule has 9 nitrogen and oxygen atoms in total. The molecule has 0 saturated carbocycles. The van der Waals surface area contributed by atoms with Crippen LogP contribution in [0.5, 0.6) is 17.2 Å². The average molecular weight is 500 g/mol. The molecule has 1 heterocycles. The van der Waals surface area contributed by atoms with Gasteiger partial charge in [0, 0.05) is 11.5 Å². The van der Waals surface area contributed by atoms with E-state index in [2.05, 4.69) is 20.0 Å². The first-order valence-electron chi connectivity index (χ1n) is 9.97. The van der Waals surface area contributed by atoms with Crippen LogP contribution in [0.25, 0.3) is 10.9 Å². The fraction of sp³-hybridized carbons (Fsp3) is 0.333. The van der Waals surface area contributed by atoms with E-state index >= 15 is 0 Å². The van der Waals surface area contributed by atoms with Crippen LogP contribution in [0.15, 0.2) is 41.6 Å². The first kappa shape index (κ1) is 25.3. The number of benzene rings is 2. The van der Waals surface area contributed by atoms with Crippen molar-refractivity contribution in [3.8, 4) is 17.2 Å². The van der Waals surface area contributed by atoms with Gasteiger partial charge in [-0.05, 0) is 45.2 Å². The number of ether oxygens (including phenoxy) is 3. The lowest BCUT2D eigenvalue weighted by atomic mass is 10.2. The number of anilines is 2. The summed E-state index contributed by atoms with van der Waals surface area (Å²) in [4.78, 5) is 8.20. The highest BCUT2D eigenvalue weighted by Gasteiger charge is 2.29. The third kappa shape index (κ3) is 5.97. The predicted molar refractivity (Wildman–Crippen MR) is 119 cm³/mol. The summed E-state index contributed by atoms with van der Waals surface area (Å²) in [6, 6.07) is 6.68.